The summed E-state index contributed by atoms with van der Waals surface area (Å²) in [5.74, 6) is 0.947. The molecule has 0 aromatic heterocycles. The van der Waals surface area contributed by atoms with Crippen LogP contribution in [-0.2, 0) is 0 Å². The van der Waals surface area contributed by atoms with Crippen molar-refractivity contribution in [2.45, 2.75) is 0 Å². The van der Waals surface area contributed by atoms with Gasteiger partial charge in [0.15, 0.2) is 11.5 Å². The minimum atomic E-state index is -0.187. The van der Waals surface area contributed by atoms with E-state index in [1.807, 2.05) is 0 Å². The average molecular weight is 222 g/mol. The summed E-state index contributed by atoms with van der Waals surface area (Å²) in [6, 6.07) is 5.26. The summed E-state index contributed by atoms with van der Waals surface area (Å²) in [4.78, 5) is 11.8. The lowest BCUT2D eigenvalue weighted by molar-refractivity contribution is 0.0943. The van der Waals surface area contributed by atoms with E-state index in [0.29, 0.717) is 43.4 Å². The fraction of sp³-hybridized carbons (Fsp3) is 0.364. The molecule has 1 heterocycles. The molecule has 0 spiro atoms. The zero-order valence-corrected chi connectivity index (χ0v) is 8.86. The van der Waals surface area contributed by atoms with Gasteiger partial charge < -0.3 is 20.5 Å². The van der Waals surface area contributed by atoms with Crippen molar-refractivity contribution in [3.8, 4) is 11.5 Å². The maximum Gasteiger partial charge on any atom is 0.255 e. The van der Waals surface area contributed by atoms with Crippen LogP contribution in [-0.4, -0.2) is 32.2 Å². The summed E-state index contributed by atoms with van der Waals surface area (Å²) in [7, 11) is 0. The summed E-state index contributed by atoms with van der Waals surface area (Å²) < 4.78 is 10.8. The van der Waals surface area contributed by atoms with Crippen molar-refractivity contribution in [1.82, 2.24) is 5.32 Å². The van der Waals surface area contributed by atoms with Crippen LogP contribution >= 0.6 is 0 Å². The van der Waals surface area contributed by atoms with Crippen molar-refractivity contribution in [1.29, 1.82) is 0 Å². The van der Waals surface area contributed by atoms with Gasteiger partial charge in [-0.15, -0.1) is 0 Å². The Hall–Kier alpha value is -1.75. The Morgan fingerprint density at radius 2 is 2.19 bits per heavy atom. The van der Waals surface area contributed by atoms with E-state index in [9.17, 15) is 4.79 Å². The first-order valence-corrected chi connectivity index (χ1v) is 5.20. The molecule has 1 aromatic carbocycles. The molecule has 5 nitrogen and oxygen atoms in total. The molecule has 0 unspecified atom stereocenters. The van der Waals surface area contributed by atoms with Crippen LogP contribution in [0.1, 0.15) is 10.4 Å². The zero-order valence-electron chi connectivity index (χ0n) is 8.86. The van der Waals surface area contributed by atoms with Crippen molar-refractivity contribution in [2.24, 2.45) is 5.73 Å². The normalized spacial score (nSPS) is 13.3. The van der Waals surface area contributed by atoms with Crippen LogP contribution < -0.4 is 20.5 Å². The second-order valence-corrected chi connectivity index (χ2v) is 3.37. The van der Waals surface area contributed by atoms with Gasteiger partial charge in [-0.2, -0.15) is 0 Å². The number of nitrogens with two attached hydrogens (primary N) is 1. The maximum absolute atomic E-state index is 11.8. The molecule has 0 bridgehead atoms. The van der Waals surface area contributed by atoms with Gasteiger partial charge in [0, 0.05) is 13.1 Å². The van der Waals surface area contributed by atoms with E-state index in [4.69, 9.17) is 15.2 Å². The van der Waals surface area contributed by atoms with Crippen molar-refractivity contribution in [2.75, 3.05) is 26.3 Å². The summed E-state index contributed by atoms with van der Waals surface area (Å²) in [6.07, 6.45) is 0. The van der Waals surface area contributed by atoms with Crippen LogP contribution in [0.2, 0.25) is 0 Å². The molecule has 5 heteroatoms. The smallest absolute Gasteiger partial charge is 0.255 e. The summed E-state index contributed by atoms with van der Waals surface area (Å²) in [6.45, 7) is 1.84. The lowest BCUT2D eigenvalue weighted by atomic mass is 10.1. The third kappa shape index (κ3) is 2.09. The Morgan fingerprint density at radius 1 is 1.38 bits per heavy atom. The molecule has 0 saturated heterocycles. The fourth-order valence-electron chi connectivity index (χ4n) is 1.53. The fourth-order valence-corrected chi connectivity index (χ4v) is 1.53. The minimum absolute atomic E-state index is 0.187. The number of benzene rings is 1. The van der Waals surface area contributed by atoms with Gasteiger partial charge in [0.2, 0.25) is 0 Å². The number of amides is 1. The Balaban J connectivity index is 2.23. The lowest BCUT2D eigenvalue weighted by Crippen LogP contribution is -2.30. The second-order valence-electron chi connectivity index (χ2n) is 3.37. The summed E-state index contributed by atoms with van der Waals surface area (Å²) in [5, 5.41) is 2.70. The number of fused-ring (bicyclic) bond motifs is 1. The van der Waals surface area contributed by atoms with Crippen molar-refractivity contribution < 1.29 is 14.3 Å². The first kappa shape index (κ1) is 10.8. The van der Waals surface area contributed by atoms with E-state index in [2.05, 4.69) is 5.32 Å². The second kappa shape index (κ2) is 4.85. The minimum Gasteiger partial charge on any atom is -0.486 e. The highest BCUT2D eigenvalue weighted by Gasteiger charge is 2.19. The molecule has 1 amide bonds. The van der Waals surface area contributed by atoms with Gasteiger partial charge in [-0.1, -0.05) is 6.07 Å². The summed E-state index contributed by atoms with van der Waals surface area (Å²) in [5.41, 5.74) is 5.81. The van der Waals surface area contributed by atoms with E-state index >= 15 is 0 Å². The van der Waals surface area contributed by atoms with Crippen LogP contribution in [0.25, 0.3) is 0 Å². The molecule has 0 fully saturated rings. The predicted molar refractivity (Wildman–Crippen MR) is 58.8 cm³/mol. The SMILES string of the molecule is NCCNC(=O)c1cccc2c1OCCO2. The molecule has 2 rings (SSSR count). The van der Waals surface area contributed by atoms with Crippen LogP contribution in [0.4, 0.5) is 0 Å². The summed E-state index contributed by atoms with van der Waals surface area (Å²) >= 11 is 0. The van der Waals surface area contributed by atoms with E-state index in [-0.39, 0.29) is 5.91 Å². The highest BCUT2D eigenvalue weighted by molar-refractivity contribution is 5.97. The maximum atomic E-state index is 11.8. The van der Waals surface area contributed by atoms with Crippen LogP contribution in [0.5, 0.6) is 11.5 Å². The van der Waals surface area contributed by atoms with Gasteiger partial charge in [0.05, 0.1) is 5.56 Å². The number of nitrogens with one attached hydrogen (secondary N) is 1. The van der Waals surface area contributed by atoms with Crippen LogP contribution in [0.3, 0.4) is 0 Å². The van der Waals surface area contributed by atoms with E-state index < -0.39 is 0 Å². The van der Waals surface area contributed by atoms with Crippen molar-refractivity contribution in [3.05, 3.63) is 23.8 Å². The Kier molecular flexibility index (Phi) is 3.26. The number of carbonyl (C=O) groups is 1. The molecule has 1 aliphatic heterocycles. The molecule has 0 saturated carbocycles. The largest absolute Gasteiger partial charge is 0.486 e. The molecule has 3 N–H and O–H groups in total. The highest BCUT2D eigenvalue weighted by Crippen LogP contribution is 2.33. The van der Waals surface area contributed by atoms with Crippen molar-refractivity contribution in [3.63, 3.8) is 0 Å². The Bertz CT molecular complexity index is 393. The van der Waals surface area contributed by atoms with Gasteiger partial charge in [0.1, 0.15) is 13.2 Å². The standard InChI is InChI=1S/C11H14N2O3/c12-4-5-13-11(14)8-2-1-3-9-10(8)16-7-6-15-9/h1-3H,4-7,12H2,(H,13,14). The zero-order chi connectivity index (χ0) is 11.4. The van der Waals surface area contributed by atoms with Crippen molar-refractivity contribution >= 4 is 5.91 Å². The molecular formula is C11H14N2O3. The van der Waals surface area contributed by atoms with E-state index in [0.717, 1.165) is 0 Å². The van der Waals surface area contributed by atoms with Crippen LogP contribution in [0, 0.1) is 0 Å². The van der Waals surface area contributed by atoms with Gasteiger partial charge in [-0.05, 0) is 12.1 Å². The average Bonchev–Trinajstić information content (AvgIpc) is 2.35. The first-order valence-electron chi connectivity index (χ1n) is 5.20. The molecule has 86 valence electrons. The molecule has 0 radical (unpaired) electrons. The van der Waals surface area contributed by atoms with Gasteiger partial charge in [-0.25, -0.2) is 0 Å². The molecule has 1 aromatic rings. The number of hydrogen-bond donors (Lipinski definition) is 2. The third-order valence-electron chi connectivity index (χ3n) is 2.24. The highest BCUT2D eigenvalue weighted by atomic mass is 16.6. The monoisotopic (exact) mass is 222 g/mol. The van der Waals surface area contributed by atoms with Crippen LogP contribution in [0.15, 0.2) is 18.2 Å². The predicted octanol–water partition coefficient (Wildman–Crippen LogP) is 0.146. The number of hydrogen-bond acceptors (Lipinski definition) is 4. The first-order chi connectivity index (χ1) is 7.83. The number of ether oxygens (including phenoxy) is 2. The topological polar surface area (TPSA) is 73.6 Å². The van der Waals surface area contributed by atoms with Gasteiger partial charge in [-0.3, -0.25) is 4.79 Å². The Labute approximate surface area is 93.5 Å². The number of carbonyl (C=O) groups excluding carboxylic acids is 1. The third-order valence-corrected chi connectivity index (χ3v) is 2.24. The molecular weight excluding hydrogens is 208 g/mol. The quantitative estimate of drug-likeness (QED) is 0.763. The Morgan fingerprint density at radius 3 is 3.00 bits per heavy atom. The van der Waals surface area contributed by atoms with Gasteiger partial charge in [0.25, 0.3) is 5.91 Å². The molecule has 1 aliphatic rings. The molecule has 0 aliphatic carbocycles. The van der Waals surface area contributed by atoms with E-state index in [1.165, 1.54) is 0 Å². The number of para-hydroxylation sites is 1. The lowest BCUT2D eigenvalue weighted by Gasteiger charge is -2.20. The molecule has 16 heavy (non-hydrogen) atoms. The molecule has 0 atom stereocenters. The number of rotatable bonds is 3. The van der Waals surface area contributed by atoms with Gasteiger partial charge >= 0.3 is 0 Å². The van der Waals surface area contributed by atoms with E-state index in [1.54, 1.807) is 18.2 Å².